The van der Waals surface area contributed by atoms with Crippen LogP contribution in [-0.4, -0.2) is 24.3 Å². The van der Waals surface area contributed by atoms with E-state index in [1.807, 2.05) is 50.2 Å². The third-order valence-corrected chi connectivity index (χ3v) is 6.12. The molecule has 4 rings (SSSR count). The molecule has 0 fully saturated rings. The summed E-state index contributed by atoms with van der Waals surface area (Å²) in [6.45, 7) is 6.14. The summed E-state index contributed by atoms with van der Waals surface area (Å²) in [5, 5.41) is 0. The Morgan fingerprint density at radius 2 is 2.03 bits per heavy atom. The van der Waals surface area contributed by atoms with Crippen LogP contribution in [0.15, 0.2) is 61.9 Å². The molecule has 0 spiro atoms. The summed E-state index contributed by atoms with van der Waals surface area (Å²) in [5.41, 5.74) is 1.27. The van der Waals surface area contributed by atoms with Gasteiger partial charge in [-0.15, -0.1) is 0 Å². The number of hydrogen-bond donors (Lipinski definition) is 0. The topological polar surface area (TPSA) is 83.0 Å². The molecular formula is C24H24N2O5S. The van der Waals surface area contributed by atoms with Crippen molar-refractivity contribution in [2.24, 2.45) is 4.99 Å². The van der Waals surface area contributed by atoms with E-state index in [1.54, 1.807) is 17.6 Å². The quantitative estimate of drug-likeness (QED) is 0.537. The molecule has 0 amide bonds. The number of benzene rings is 1. The molecule has 0 N–H and O–H groups in total. The molecule has 32 heavy (non-hydrogen) atoms. The second-order valence-electron chi connectivity index (χ2n) is 7.41. The van der Waals surface area contributed by atoms with Crippen LogP contribution in [0.4, 0.5) is 0 Å². The van der Waals surface area contributed by atoms with Crippen LogP contribution < -0.4 is 19.6 Å². The molecule has 7 nitrogen and oxygen atoms in total. The number of methoxy groups -OCH3 is 1. The van der Waals surface area contributed by atoms with Gasteiger partial charge in [0.05, 0.1) is 29.5 Å². The Labute approximate surface area is 188 Å². The molecule has 166 valence electrons. The zero-order chi connectivity index (χ0) is 22.8. The Morgan fingerprint density at radius 3 is 2.72 bits per heavy atom. The third kappa shape index (κ3) is 3.93. The van der Waals surface area contributed by atoms with Crippen molar-refractivity contribution in [3.63, 3.8) is 0 Å². The largest absolute Gasteiger partial charge is 0.493 e. The molecule has 1 aromatic carbocycles. The normalized spacial score (nSPS) is 16.0. The van der Waals surface area contributed by atoms with Crippen molar-refractivity contribution in [1.29, 1.82) is 0 Å². The maximum Gasteiger partial charge on any atom is 0.338 e. The van der Waals surface area contributed by atoms with Gasteiger partial charge in [0.15, 0.2) is 4.80 Å². The van der Waals surface area contributed by atoms with E-state index >= 15 is 0 Å². The lowest BCUT2D eigenvalue weighted by Gasteiger charge is -2.26. The number of para-hydroxylation sites is 1. The highest BCUT2D eigenvalue weighted by Crippen LogP contribution is 2.35. The lowest BCUT2D eigenvalue weighted by molar-refractivity contribution is -0.136. The van der Waals surface area contributed by atoms with Crippen LogP contribution in [0.5, 0.6) is 5.75 Å². The van der Waals surface area contributed by atoms with Crippen LogP contribution in [0.1, 0.15) is 43.4 Å². The molecule has 1 unspecified atom stereocenters. The monoisotopic (exact) mass is 452 g/mol. The van der Waals surface area contributed by atoms with Gasteiger partial charge in [0.2, 0.25) is 0 Å². The highest BCUT2D eigenvalue weighted by molar-refractivity contribution is 7.07. The third-order valence-electron chi connectivity index (χ3n) is 5.14. The van der Waals surface area contributed by atoms with E-state index < -0.39 is 12.0 Å². The van der Waals surface area contributed by atoms with Gasteiger partial charge in [0.25, 0.3) is 5.56 Å². The zero-order valence-electron chi connectivity index (χ0n) is 18.4. The minimum atomic E-state index is -0.716. The first-order valence-corrected chi connectivity index (χ1v) is 11.1. The average molecular weight is 453 g/mol. The average Bonchev–Trinajstić information content (AvgIpc) is 3.33. The lowest BCUT2D eigenvalue weighted by atomic mass is 9.95. The molecule has 1 aliphatic rings. The molecule has 3 aromatic rings. The van der Waals surface area contributed by atoms with Gasteiger partial charge >= 0.3 is 5.97 Å². The maximum absolute atomic E-state index is 13.5. The van der Waals surface area contributed by atoms with Gasteiger partial charge in [-0.2, -0.15) is 0 Å². The van der Waals surface area contributed by atoms with Crippen LogP contribution in [0, 0.1) is 6.92 Å². The number of ether oxygens (including phenoxy) is 2. The number of carbonyl (C=O) groups excluding carboxylic acids is 1. The highest BCUT2D eigenvalue weighted by Gasteiger charge is 2.34. The molecule has 1 aliphatic heterocycles. The first kappa shape index (κ1) is 21.8. The minimum absolute atomic E-state index is 0.257. The number of allylic oxidation sites excluding steroid dienone is 1. The van der Waals surface area contributed by atoms with Gasteiger partial charge in [-0.25, -0.2) is 9.79 Å². The van der Waals surface area contributed by atoms with Gasteiger partial charge in [-0.3, -0.25) is 9.36 Å². The zero-order valence-corrected chi connectivity index (χ0v) is 19.2. The number of aromatic nitrogens is 1. The molecule has 2 aromatic heterocycles. The Hall–Kier alpha value is -3.39. The Morgan fingerprint density at radius 1 is 1.25 bits per heavy atom. The van der Waals surface area contributed by atoms with Gasteiger partial charge in [-0.1, -0.05) is 36.5 Å². The predicted molar refractivity (Wildman–Crippen MR) is 121 cm³/mol. The Balaban J connectivity index is 1.98. The van der Waals surface area contributed by atoms with Crippen molar-refractivity contribution in [3.05, 3.63) is 84.4 Å². The minimum Gasteiger partial charge on any atom is -0.493 e. The van der Waals surface area contributed by atoms with Gasteiger partial charge in [0, 0.05) is 11.6 Å². The van der Waals surface area contributed by atoms with Crippen LogP contribution in [0.3, 0.4) is 0 Å². The number of rotatable bonds is 6. The summed E-state index contributed by atoms with van der Waals surface area (Å²) in [6, 6.07) is 10.4. The second-order valence-corrected chi connectivity index (χ2v) is 8.42. The standard InChI is InChI=1S/C24H24N2O5S/c1-5-12-30-18-9-7-6-8-17(18)21-20(23(28)29-4)15(3)25-24-26(21)22(27)19(32-24)13-16-11-10-14(2)31-16/h6-11,13,21H,5,12H2,1-4H3/b19-13+. The van der Waals surface area contributed by atoms with Crippen molar-refractivity contribution in [2.75, 3.05) is 13.7 Å². The summed E-state index contributed by atoms with van der Waals surface area (Å²) >= 11 is 1.25. The molecule has 8 heteroatoms. The van der Waals surface area contributed by atoms with E-state index in [1.165, 1.54) is 18.4 Å². The molecule has 0 bridgehead atoms. The van der Waals surface area contributed by atoms with Crippen LogP contribution >= 0.6 is 11.3 Å². The van der Waals surface area contributed by atoms with Crippen molar-refractivity contribution >= 4 is 23.4 Å². The molecule has 0 radical (unpaired) electrons. The molecule has 1 atom stereocenters. The Bertz CT molecular complexity index is 1380. The molecular weight excluding hydrogens is 428 g/mol. The van der Waals surface area contributed by atoms with E-state index in [2.05, 4.69) is 4.99 Å². The van der Waals surface area contributed by atoms with Crippen molar-refractivity contribution < 1.29 is 18.7 Å². The summed E-state index contributed by atoms with van der Waals surface area (Å²) in [4.78, 5) is 31.4. The summed E-state index contributed by atoms with van der Waals surface area (Å²) < 4.78 is 18.6. The summed E-state index contributed by atoms with van der Waals surface area (Å²) in [7, 11) is 1.32. The lowest BCUT2D eigenvalue weighted by Crippen LogP contribution is -2.40. The summed E-state index contributed by atoms with van der Waals surface area (Å²) in [5.74, 6) is 1.43. The van der Waals surface area contributed by atoms with Gasteiger partial charge in [0.1, 0.15) is 23.3 Å². The van der Waals surface area contributed by atoms with Crippen LogP contribution in [0.25, 0.3) is 6.08 Å². The van der Waals surface area contributed by atoms with E-state index in [0.29, 0.717) is 44.3 Å². The predicted octanol–water partition coefficient (Wildman–Crippen LogP) is 3.10. The molecule has 0 aliphatic carbocycles. The molecule has 3 heterocycles. The van der Waals surface area contributed by atoms with Gasteiger partial charge in [-0.05, 0) is 38.5 Å². The number of fused-ring (bicyclic) bond motifs is 1. The number of esters is 1. The summed E-state index contributed by atoms with van der Waals surface area (Å²) in [6.07, 6.45) is 2.53. The number of nitrogens with zero attached hydrogens (tertiary/aromatic N) is 2. The fourth-order valence-corrected chi connectivity index (χ4v) is 4.72. The van der Waals surface area contributed by atoms with Crippen molar-refractivity contribution in [2.45, 2.75) is 33.2 Å². The number of carbonyl (C=O) groups is 1. The smallest absolute Gasteiger partial charge is 0.338 e. The van der Waals surface area contributed by atoms with E-state index in [0.717, 1.165) is 12.2 Å². The van der Waals surface area contributed by atoms with E-state index in [4.69, 9.17) is 13.9 Å². The molecule has 0 saturated heterocycles. The number of furan rings is 1. The Kier molecular flexibility index (Phi) is 6.14. The molecule has 0 saturated carbocycles. The SMILES string of the molecule is CCCOc1ccccc1C1C(C(=O)OC)=C(C)N=c2s/c(=C/c3ccc(C)o3)c(=O)n21. The maximum atomic E-state index is 13.5. The number of aryl methyl sites for hydroxylation is 1. The number of hydrogen-bond acceptors (Lipinski definition) is 7. The first-order valence-electron chi connectivity index (χ1n) is 10.3. The van der Waals surface area contributed by atoms with Crippen molar-refractivity contribution in [1.82, 2.24) is 4.57 Å². The van der Waals surface area contributed by atoms with E-state index in [9.17, 15) is 9.59 Å². The number of thiazole rings is 1. The fraction of sp³-hybridized carbons (Fsp3) is 0.292. The van der Waals surface area contributed by atoms with E-state index in [-0.39, 0.29) is 5.56 Å². The highest BCUT2D eigenvalue weighted by atomic mass is 32.1. The van der Waals surface area contributed by atoms with Crippen LogP contribution in [-0.2, 0) is 9.53 Å². The van der Waals surface area contributed by atoms with Crippen molar-refractivity contribution in [3.8, 4) is 5.75 Å². The second kappa shape index (κ2) is 9.00. The first-order chi connectivity index (χ1) is 15.4. The van der Waals surface area contributed by atoms with Gasteiger partial charge < -0.3 is 13.9 Å². The van der Waals surface area contributed by atoms with Crippen LogP contribution in [0.2, 0.25) is 0 Å². The fourth-order valence-electron chi connectivity index (χ4n) is 3.70.